The Morgan fingerprint density at radius 3 is 2.90 bits per heavy atom. The number of aliphatic carboxylic acids is 1. The molecular formula is C11H17N3O5S. The first-order valence-electron chi connectivity index (χ1n) is 6.28. The van der Waals surface area contributed by atoms with Gasteiger partial charge in [-0.2, -0.15) is 9.40 Å². The zero-order valence-electron chi connectivity index (χ0n) is 10.8. The molecule has 0 aliphatic carbocycles. The van der Waals surface area contributed by atoms with E-state index in [1.54, 1.807) is 0 Å². The van der Waals surface area contributed by atoms with Crippen molar-refractivity contribution >= 4 is 16.0 Å². The summed E-state index contributed by atoms with van der Waals surface area (Å²) in [5.41, 5.74) is 0. The van der Waals surface area contributed by atoms with Crippen molar-refractivity contribution < 1.29 is 23.4 Å². The second-order valence-electron chi connectivity index (χ2n) is 4.82. The molecule has 2 N–H and O–H groups in total. The number of hydrogen-bond donors (Lipinski definition) is 2. The van der Waals surface area contributed by atoms with E-state index >= 15 is 0 Å². The number of sulfonamides is 1. The monoisotopic (exact) mass is 303 g/mol. The molecule has 1 aliphatic heterocycles. The Bertz CT molecular complexity index is 583. The summed E-state index contributed by atoms with van der Waals surface area (Å²) in [6.45, 7) is 0.269. The van der Waals surface area contributed by atoms with Crippen molar-refractivity contribution in [1.82, 2.24) is 14.1 Å². The van der Waals surface area contributed by atoms with Gasteiger partial charge in [0.05, 0.1) is 6.20 Å². The highest BCUT2D eigenvalue weighted by molar-refractivity contribution is 7.89. The van der Waals surface area contributed by atoms with Gasteiger partial charge in [0.1, 0.15) is 11.4 Å². The van der Waals surface area contributed by atoms with Crippen molar-refractivity contribution in [3.63, 3.8) is 0 Å². The molecule has 0 amide bonds. The number of nitrogens with zero attached hydrogens (tertiary/aromatic N) is 3. The van der Waals surface area contributed by atoms with Gasteiger partial charge < -0.3 is 10.2 Å². The van der Waals surface area contributed by atoms with Crippen LogP contribution in [0.5, 0.6) is 0 Å². The molecule has 2 rings (SSSR count). The van der Waals surface area contributed by atoms with Gasteiger partial charge in [-0.05, 0) is 18.8 Å². The lowest BCUT2D eigenvalue weighted by molar-refractivity contribution is -0.137. The summed E-state index contributed by atoms with van der Waals surface area (Å²) in [5, 5.41) is 21.5. The summed E-state index contributed by atoms with van der Waals surface area (Å²) in [6, 6.07) is 0. The minimum absolute atomic E-state index is 0.0164. The molecule has 0 radical (unpaired) electrons. The highest BCUT2D eigenvalue weighted by Gasteiger charge is 2.30. The van der Waals surface area contributed by atoms with Crippen molar-refractivity contribution in [2.45, 2.75) is 24.3 Å². The van der Waals surface area contributed by atoms with Gasteiger partial charge in [0.2, 0.25) is 10.0 Å². The van der Waals surface area contributed by atoms with Crippen molar-refractivity contribution in [1.29, 1.82) is 0 Å². The Morgan fingerprint density at radius 1 is 1.50 bits per heavy atom. The number of carboxylic acid groups (broad SMARTS) is 1. The molecule has 20 heavy (non-hydrogen) atoms. The molecule has 9 heteroatoms. The second-order valence-corrected chi connectivity index (χ2v) is 6.76. The molecule has 1 saturated heterocycles. The highest BCUT2D eigenvalue weighted by atomic mass is 32.2. The lowest BCUT2D eigenvalue weighted by Crippen LogP contribution is -2.40. The van der Waals surface area contributed by atoms with Crippen LogP contribution in [0.3, 0.4) is 0 Å². The largest absolute Gasteiger partial charge is 0.480 e. The van der Waals surface area contributed by atoms with Crippen LogP contribution in [0, 0.1) is 5.92 Å². The van der Waals surface area contributed by atoms with Gasteiger partial charge in [0.25, 0.3) is 0 Å². The Kier molecular flexibility index (Phi) is 4.41. The number of aliphatic hydroxyl groups excluding tert-OH is 1. The number of aliphatic hydroxyl groups is 1. The fourth-order valence-electron chi connectivity index (χ4n) is 2.25. The van der Waals surface area contributed by atoms with Gasteiger partial charge >= 0.3 is 5.97 Å². The maximum absolute atomic E-state index is 12.4. The van der Waals surface area contributed by atoms with E-state index in [9.17, 15) is 13.2 Å². The lowest BCUT2D eigenvalue weighted by atomic mass is 10.0. The van der Waals surface area contributed by atoms with Gasteiger partial charge in [-0.1, -0.05) is 0 Å². The molecule has 112 valence electrons. The highest BCUT2D eigenvalue weighted by Crippen LogP contribution is 2.23. The third-order valence-electron chi connectivity index (χ3n) is 3.28. The maximum Gasteiger partial charge on any atom is 0.325 e. The van der Waals surface area contributed by atoms with Crippen molar-refractivity contribution in [2.24, 2.45) is 5.92 Å². The predicted molar refractivity (Wildman–Crippen MR) is 68.4 cm³/mol. The van der Waals surface area contributed by atoms with Gasteiger partial charge in [-0.3, -0.25) is 9.48 Å². The fraction of sp³-hybridized carbons (Fsp3) is 0.636. The van der Waals surface area contributed by atoms with E-state index in [-0.39, 0.29) is 30.5 Å². The van der Waals surface area contributed by atoms with Crippen molar-refractivity contribution in [3.05, 3.63) is 12.4 Å². The quantitative estimate of drug-likeness (QED) is 0.748. The molecule has 1 aromatic rings. The van der Waals surface area contributed by atoms with Gasteiger partial charge in [0, 0.05) is 25.9 Å². The number of piperidine rings is 1. The molecule has 0 bridgehead atoms. The first-order chi connectivity index (χ1) is 9.43. The normalized spacial score (nSPS) is 20.9. The molecule has 0 aromatic carbocycles. The standard InChI is InChI=1S/C11H17N3O5S/c15-8-9-2-1-3-14(5-9)20(18,19)10-4-12-13(6-10)7-11(16)17/h4,6,9,15H,1-3,5,7-8H2,(H,16,17). The van der Waals surface area contributed by atoms with Crippen LogP contribution >= 0.6 is 0 Å². The first kappa shape index (κ1) is 14.9. The molecule has 8 nitrogen and oxygen atoms in total. The van der Waals surface area contributed by atoms with Gasteiger partial charge in [0.15, 0.2) is 0 Å². The van der Waals surface area contributed by atoms with Crippen molar-refractivity contribution in [3.8, 4) is 0 Å². The van der Waals surface area contributed by atoms with E-state index in [0.717, 1.165) is 17.3 Å². The summed E-state index contributed by atoms with van der Waals surface area (Å²) in [7, 11) is -3.67. The molecule has 1 aromatic heterocycles. The second kappa shape index (κ2) is 5.90. The molecule has 0 spiro atoms. The molecular weight excluding hydrogens is 286 g/mol. The third kappa shape index (κ3) is 3.17. The minimum Gasteiger partial charge on any atom is -0.480 e. The molecule has 1 atom stereocenters. The Morgan fingerprint density at radius 2 is 2.25 bits per heavy atom. The zero-order valence-corrected chi connectivity index (χ0v) is 11.7. The predicted octanol–water partition coefficient (Wildman–Crippen LogP) is -0.639. The summed E-state index contributed by atoms with van der Waals surface area (Å²) in [4.78, 5) is 10.5. The summed E-state index contributed by atoms with van der Waals surface area (Å²) in [6.07, 6.45) is 3.88. The van der Waals surface area contributed by atoms with Crippen LogP contribution in [0.4, 0.5) is 0 Å². The fourth-order valence-corrected chi connectivity index (χ4v) is 3.76. The van der Waals surface area contributed by atoms with E-state index in [0.29, 0.717) is 13.0 Å². The summed E-state index contributed by atoms with van der Waals surface area (Å²) < 4.78 is 27.2. The van der Waals surface area contributed by atoms with Gasteiger partial charge in [-0.15, -0.1) is 0 Å². The van der Waals surface area contributed by atoms with E-state index in [4.69, 9.17) is 10.2 Å². The Hall–Kier alpha value is -1.45. The summed E-state index contributed by atoms with van der Waals surface area (Å²) >= 11 is 0. The summed E-state index contributed by atoms with van der Waals surface area (Å²) in [5.74, 6) is -1.14. The number of rotatable bonds is 5. The lowest BCUT2D eigenvalue weighted by Gasteiger charge is -2.30. The molecule has 1 unspecified atom stereocenters. The van der Waals surface area contributed by atoms with Crippen LogP contribution in [0.15, 0.2) is 17.3 Å². The van der Waals surface area contributed by atoms with Crippen LogP contribution in [-0.4, -0.2) is 58.4 Å². The van der Waals surface area contributed by atoms with Crippen LogP contribution in [0.2, 0.25) is 0 Å². The van der Waals surface area contributed by atoms with Crippen LogP contribution in [-0.2, 0) is 21.4 Å². The Balaban J connectivity index is 2.17. The molecule has 1 fully saturated rings. The first-order valence-corrected chi connectivity index (χ1v) is 7.72. The van der Waals surface area contributed by atoms with Crippen LogP contribution in [0.1, 0.15) is 12.8 Å². The Labute approximate surface area is 116 Å². The van der Waals surface area contributed by atoms with Gasteiger partial charge in [-0.25, -0.2) is 8.42 Å². The maximum atomic E-state index is 12.4. The van der Waals surface area contributed by atoms with E-state index in [2.05, 4.69) is 5.10 Å². The van der Waals surface area contributed by atoms with E-state index < -0.39 is 16.0 Å². The number of aromatic nitrogens is 2. The smallest absolute Gasteiger partial charge is 0.325 e. The van der Waals surface area contributed by atoms with E-state index in [1.165, 1.54) is 10.5 Å². The topological polar surface area (TPSA) is 113 Å². The van der Waals surface area contributed by atoms with Crippen LogP contribution in [0.25, 0.3) is 0 Å². The average Bonchev–Trinajstić information content (AvgIpc) is 2.87. The third-order valence-corrected chi connectivity index (χ3v) is 5.10. The van der Waals surface area contributed by atoms with Crippen molar-refractivity contribution in [2.75, 3.05) is 19.7 Å². The molecule has 2 heterocycles. The van der Waals surface area contributed by atoms with E-state index in [1.807, 2.05) is 0 Å². The number of carbonyl (C=O) groups is 1. The number of carboxylic acids is 1. The molecule has 1 aliphatic rings. The minimum atomic E-state index is -3.67. The average molecular weight is 303 g/mol. The zero-order chi connectivity index (χ0) is 14.8. The molecule has 0 saturated carbocycles. The van der Waals surface area contributed by atoms with Crippen LogP contribution < -0.4 is 0 Å². The number of hydrogen-bond acceptors (Lipinski definition) is 5. The SMILES string of the molecule is O=C(O)Cn1cc(S(=O)(=O)N2CCCC(CO)C2)cn1.